The standard InChI is InChI=1S/C17H19N3O2S/c18-8-13-12-3-1-2-4-14(12)23-17(13)19-16(22)10-7-15(21)20(9-10)11-5-6-11/h10-11H,1-7,9H2,(H,19,22). The second-order valence-corrected chi connectivity index (χ2v) is 7.80. The highest BCUT2D eigenvalue weighted by Gasteiger charge is 2.42. The van der Waals surface area contributed by atoms with E-state index in [1.807, 2.05) is 4.90 Å². The second kappa shape index (κ2) is 5.64. The zero-order valence-electron chi connectivity index (χ0n) is 12.9. The maximum absolute atomic E-state index is 12.5. The number of nitriles is 1. The highest BCUT2D eigenvalue weighted by Crippen LogP contribution is 2.38. The summed E-state index contributed by atoms with van der Waals surface area (Å²) in [5.74, 6) is -0.302. The van der Waals surface area contributed by atoms with Crippen LogP contribution >= 0.6 is 11.3 Å². The molecule has 0 spiro atoms. The highest BCUT2D eigenvalue weighted by atomic mass is 32.1. The predicted molar refractivity (Wildman–Crippen MR) is 87.1 cm³/mol. The quantitative estimate of drug-likeness (QED) is 0.926. The number of nitrogens with zero attached hydrogens (tertiary/aromatic N) is 2. The average molecular weight is 329 g/mol. The molecular weight excluding hydrogens is 310 g/mol. The Labute approximate surface area is 139 Å². The first-order valence-corrected chi connectivity index (χ1v) is 9.14. The van der Waals surface area contributed by atoms with Crippen LogP contribution in [0.4, 0.5) is 5.00 Å². The van der Waals surface area contributed by atoms with Gasteiger partial charge in [0.1, 0.15) is 11.1 Å². The lowest BCUT2D eigenvalue weighted by atomic mass is 9.96. The summed E-state index contributed by atoms with van der Waals surface area (Å²) < 4.78 is 0. The number of hydrogen-bond acceptors (Lipinski definition) is 4. The van der Waals surface area contributed by atoms with Gasteiger partial charge < -0.3 is 10.2 Å². The molecule has 1 unspecified atom stereocenters. The van der Waals surface area contributed by atoms with Gasteiger partial charge in [0.05, 0.1) is 11.5 Å². The van der Waals surface area contributed by atoms with Crippen LogP contribution in [0.2, 0.25) is 0 Å². The van der Waals surface area contributed by atoms with E-state index in [1.54, 1.807) is 11.3 Å². The van der Waals surface area contributed by atoms with Gasteiger partial charge in [-0.05, 0) is 44.1 Å². The van der Waals surface area contributed by atoms with Crippen LogP contribution in [0, 0.1) is 17.2 Å². The van der Waals surface area contributed by atoms with Gasteiger partial charge >= 0.3 is 0 Å². The third-order valence-electron chi connectivity index (χ3n) is 5.04. The zero-order valence-corrected chi connectivity index (χ0v) is 13.7. The largest absolute Gasteiger partial charge is 0.339 e. The Morgan fingerprint density at radius 2 is 2.09 bits per heavy atom. The first-order chi connectivity index (χ1) is 11.2. The van der Waals surface area contributed by atoms with Gasteiger partial charge in [-0.2, -0.15) is 5.26 Å². The van der Waals surface area contributed by atoms with Gasteiger partial charge in [0.2, 0.25) is 11.8 Å². The normalized spacial score (nSPS) is 23.5. The van der Waals surface area contributed by atoms with Crippen molar-refractivity contribution in [3.8, 4) is 6.07 Å². The van der Waals surface area contributed by atoms with Crippen molar-refractivity contribution in [1.29, 1.82) is 5.26 Å². The molecular formula is C17H19N3O2S. The average Bonchev–Trinajstić information content (AvgIpc) is 3.22. The fourth-order valence-corrected chi connectivity index (χ4v) is 4.88. The molecule has 120 valence electrons. The van der Waals surface area contributed by atoms with Crippen LogP contribution < -0.4 is 5.32 Å². The van der Waals surface area contributed by atoms with Gasteiger partial charge in [-0.25, -0.2) is 0 Å². The molecule has 0 aromatic carbocycles. The monoisotopic (exact) mass is 329 g/mol. The molecule has 0 radical (unpaired) electrons. The summed E-state index contributed by atoms with van der Waals surface area (Å²) in [5.41, 5.74) is 1.77. The van der Waals surface area contributed by atoms with Crippen LogP contribution in [-0.4, -0.2) is 29.3 Å². The number of aryl methyl sites for hydroxylation is 1. The van der Waals surface area contributed by atoms with Crippen molar-refractivity contribution < 1.29 is 9.59 Å². The maximum atomic E-state index is 12.5. The summed E-state index contributed by atoms with van der Waals surface area (Å²) in [6.07, 6.45) is 6.63. The van der Waals surface area contributed by atoms with E-state index < -0.39 is 0 Å². The molecule has 1 aromatic rings. The second-order valence-electron chi connectivity index (χ2n) is 6.69. The summed E-state index contributed by atoms with van der Waals surface area (Å²) in [5, 5.41) is 13.1. The Morgan fingerprint density at radius 3 is 2.83 bits per heavy atom. The van der Waals surface area contributed by atoms with E-state index in [2.05, 4.69) is 11.4 Å². The Hall–Kier alpha value is -1.87. The van der Waals surface area contributed by atoms with Crippen LogP contribution in [0.15, 0.2) is 0 Å². The topological polar surface area (TPSA) is 73.2 Å². The molecule has 1 saturated heterocycles. The van der Waals surface area contributed by atoms with Gasteiger partial charge in [-0.3, -0.25) is 9.59 Å². The molecule has 1 saturated carbocycles. The summed E-state index contributed by atoms with van der Waals surface area (Å²) in [4.78, 5) is 27.6. The molecule has 5 nitrogen and oxygen atoms in total. The highest BCUT2D eigenvalue weighted by molar-refractivity contribution is 7.16. The Bertz CT molecular complexity index is 714. The van der Waals surface area contributed by atoms with Crippen LogP contribution in [0.5, 0.6) is 0 Å². The van der Waals surface area contributed by atoms with Gasteiger partial charge in [-0.1, -0.05) is 0 Å². The van der Waals surface area contributed by atoms with Crippen molar-refractivity contribution in [3.63, 3.8) is 0 Å². The minimum atomic E-state index is -0.284. The molecule has 1 aromatic heterocycles. The van der Waals surface area contributed by atoms with Gasteiger partial charge in [0.25, 0.3) is 0 Å². The summed E-state index contributed by atoms with van der Waals surface area (Å²) in [6, 6.07) is 2.63. The number of fused-ring (bicyclic) bond motifs is 1. The van der Waals surface area contributed by atoms with Crippen LogP contribution in [0.1, 0.15) is 48.1 Å². The number of thiophene rings is 1. The summed E-state index contributed by atoms with van der Waals surface area (Å²) in [7, 11) is 0. The lowest BCUT2D eigenvalue weighted by Gasteiger charge is -2.15. The summed E-state index contributed by atoms with van der Waals surface area (Å²) >= 11 is 1.54. The molecule has 2 aliphatic carbocycles. The third-order valence-corrected chi connectivity index (χ3v) is 6.24. The van der Waals surface area contributed by atoms with Crippen LogP contribution in [-0.2, 0) is 22.4 Å². The SMILES string of the molecule is N#Cc1c(NC(=O)C2CC(=O)N(C3CC3)C2)sc2c1CCCC2. The third kappa shape index (κ3) is 2.63. The molecule has 1 aliphatic heterocycles. The van der Waals surface area contributed by atoms with Crippen molar-refractivity contribution in [1.82, 2.24) is 4.90 Å². The number of carbonyl (C=O) groups is 2. The number of anilines is 1. The van der Waals surface area contributed by atoms with Crippen molar-refractivity contribution in [3.05, 3.63) is 16.0 Å². The minimum absolute atomic E-state index is 0.0960. The van der Waals surface area contributed by atoms with Crippen LogP contribution in [0.3, 0.4) is 0 Å². The van der Waals surface area contributed by atoms with E-state index in [9.17, 15) is 14.9 Å². The molecule has 6 heteroatoms. The van der Waals surface area contributed by atoms with Crippen LogP contribution in [0.25, 0.3) is 0 Å². The minimum Gasteiger partial charge on any atom is -0.339 e. The summed E-state index contributed by atoms with van der Waals surface area (Å²) in [6.45, 7) is 0.530. The van der Waals surface area contributed by atoms with E-state index >= 15 is 0 Å². The van der Waals surface area contributed by atoms with E-state index in [1.165, 1.54) is 4.88 Å². The Balaban J connectivity index is 1.50. The van der Waals surface area contributed by atoms with Gasteiger partial charge in [-0.15, -0.1) is 11.3 Å². The number of nitrogens with one attached hydrogen (secondary N) is 1. The maximum Gasteiger partial charge on any atom is 0.230 e. The lowest BCUT2D eigenvalue weighted by Crippen LogP contribution is -2.29. The van der Waals surface area contributed by atoms with Crippen molar-refractivity contribution >= 4 is 28.2 Å². The first-order valence-electron chi connectivity index (χ1n) is 8.32. The van der Waals surface area contributed by atoms with Crippen molar-refractivity contribution in [2.45, 2.75) is 51.0 Å². The molecule has 0 bridgehead atoms. The smallest absolute Gasteiger partial charge is 0.230 e. The van der Waals surface area contributed by atoms with E-state index in [0.717, 1.165) is 44.1 Å². The molecule has 2 fully saturated rings. The Kier molecular flexibility index (Phi) is 3.61. The molecule has 2 heterocycles. The lowest BCUT2D eigenvalue weighted by molar-refractivity contribution is -0.128. The fourth-order valence-electron chi connectivity index (χ4n) is 3.63. The molecule has 4 rings (SSSR count). The number of likely N-dealkylation sites (tertiary alicyclic amines) is 1. The number of carbonyl (C=O) groups excluding carboxylic acids is 2. The molecule has 2 amide bonds. The molecule has 1 atom stereocenters. The van der Waals surface area contributed by atoms with Crippen molar-refractivity contribution in [2.24, 2.45) is 5.92 Å². The molecule has 23 heavy (non-hydrogen) atoms. The zero-order chi connectivity index (χ0) is 16.0. The Morgan fingerprint density at radius 1 is 1.30 bits per heavy atom. The molecule has 3 aliphatic rings. The first kappa shape index (κ1) is 14.7. The van der Waals surface area contributed by atoms with Crippen molar-refractivity contribution in [2.75, 3.05) is 11.9 Å². The number of hydrogen-bond donors (Lipinski definition) is 1. The molecule has 1 N–H and O–H groups in total. The van der Waals surface area contributed by atoms with E-state index in [-0.39, 0.29) is 17.7 Å². The van der Waals surface area contributed by atoms with E-state index in [4.69, 9.17) is 0 Å². The van der Waals surface area contributed by atoms with Gasteiger partial charge in [0, 0.05) is 23.9 Å². The fraction of sp³-hybridized carbons (Fsp3) is 0.588. The van der Waals surface area contributed by atoms with Gasteiger partial charge in [0.15, 0.2) is 0 Å². The number of rotatable bonds is 3. The van der Waals surface area contributed by atoms with E-state index in [0.29, 0.717) is 29.6 Å². The predicted octanol–water partition coefficient (Wildman–Crippen LogP) is 2.45. The number of amides is 2.